The SMILES string of the molecule is C[C@@H]1CCCC[C@@]12NC(=O)N(CC(=O)NCCSCc1cccs1)C2=O. The highest BCUT2D eigenvalue weighted by atomic mass is 32.2. The minimum Gasteiger partial charge on any atom is -0.354 e. The summed E-state index contributed by atoms with van der Waals surface area (Å²) in [6.07, 6.45) is 3.59. The van der Waals surface area contributed by atoms with Crippen LogP contribution in [0.1, 0.15) is 37.5 Å². The normalized spacial score (nSPS) is 25.6. The molecule has 1 saturated heterocycles. The van der Waals surface area contributed by atoms with Gasteiger partial charge in [-0.1, -0.05) is 25.8 Å². The van der Waals surface area contributed by atoms with Crippen LogP contribution in [0.25, 0.3) is 0 Å². The summed E-state index contributed by atoms with van der Waals surface area (Å²) in [7, 11) is 0. The maximum absolute atomic E-state index is 12.8. The predicted molar refractivity (Wildman–Crippen MR) is 104 cm³/mol. The Kier molecular flexibility index (Phi) is 6.24. The van der Waals surface area contributed by atoms with Crippen molar-refractivity contribution < 1.29 is 14.4 Å². The standard InChI is InChI=1S/C18H25N3O3S2/c1-13-5-2-3-7-18(13)16(23)21(17(24)20-18)11-15(22)19-8-10-25-12-14-6-4-9-26-14/h4,6,9,13H,2-3,5,7-8,10-12H2,1H3,(H,19,22)(H,20,24)/t13-,18-/m1/s1. The van der Waals surface area contributed by atoms with Crippen molar-refractivity contribution in [3.63, 3.8) is 0 Å². The molecule has 1 aliphatic carbocycles. The predicted octanol–water partition coefficient (Wildman–Crippen LogP) is 2.60. The largest absolute Gasteiger partial charge is 0.354 e. The molecule has 1 aromatic rings. The Hall–Kier alpha value is -1.54. The molecule has 2 heterocycles. The van der Waals surface area contributed by atoms with E-state index < -0.39 is 11.6 Å². The van der Waals surface area contributed by atoms with Crippen LogP contribution < -0.4 is 10.6 Å². The third-order valence-corrected chi connectivity index (χ3v) is 7.26. The molecule has 8 heteroatoms. The molecule has 0 radical (unpaired) electrons. The number of hydrogen-bond donors (Lipinski definition) is 2. The van der Waals surface area contributed by atoms with Gasteiger partial charge in [-0.05, 0) is 30.2 Å². The highest BCUT2D eigenvalue weighted by molar-refractivity contribution is 7.98. The minimum absolute atomic E-state index is 0.106. The van der Waals surface area contributed by atoms with E-state index in [-0.39, 0.29) is 24.3 Å². The number of hydrogen-bond acceptors (Lipinski definition) is 5. The van der Waals surface area contributed by atoms with Crippen LogP contribution in [0.15, 0.2) is 17.5 Å². The highest BCUT2D eigenvalue weighted by Gasteiger charge is 2.55. The molecule has 1 spiro atoms. The molecular weight excluding hydrogens is 370 g/mol. The van der Waals surface area contributed by atoms with E-state index >= 15 is 0 Å². The topological polar surface area (TPSA) is 78.5 Å². The summed E-state index contributed by atoms with van der Waals surface area (Å²) in [6.45, 7) is 2.33. The van der Waals surface area contributed by atoms with Crippen molar-refractivity contribution in [1.82, 2.24) is 15.5 Å². The van der Waals surface area contributed by atoms with Crippen LogP contribution >= 0.6 is 23.1 Å². The van der Waals surface area contributed by atoms with Crippen LogP contribution in [0.4, 0.5) is 4.79 Å². The van der Waals surface area contributed by atoms with Crippen molar-refractivity contribution in [2.75, 3.05) is 18.8 Å². The van der Waals surface area contributed by atoms with Crippen LogP contribution in [0.3, 0.4) is 0 Å². The van der Waals surface area contributed by atoms with E-state index in [4.69, 9.17) is 0 Å². The van der Waals surface area contributed by atoms with Crippen LogP contribution in [0.2, 0.25) is 0 Å². The molecule has 2 aliphatic rings. The van der Waals surface area contributed by atoms with Gasteiger partial charge in [0, 0.05) is 22.9 Å². The van der Waals surface area contributed by atoms with Crippen molar-refractivity contribution in [1.29, 1.82) is 0 Å². The molecule has 0 aromatic carbocycles. The van der Waals surface area contributed by atoms with Gasteiger partial charge >= 0.3 is 6.03 Å². The molecule has 1 aliphatic heterocycles. The van der Waals surface area contributed by atoms with Crippen molar-refractivity contribution >= 4 is 40.9 Å². The summed E-state index contributed by atoms with van der Waals surface area (Å²) in [5.41, 5.74) is -0.799. The zero-order chi connectivity index (χ0) is 18.6. The lowest BCUT2D eigenvalue weighted by Gasteiger charge is -2.36. The molecule has 26 heavy (non-hydrogen) atoms. The number of thioether (sulfide) groups is 1. The maximum atomic E-state index is 12.8. The van der Waals surface area contributed by atoms with E-state index in [2.05, 4.69) is 22.1 Å². The number of carbonyl (C=O) groups is 3. The first-order chi connectivity index (χ1) is 12.5. The van der Waals surface area contributed by atoms with Gasteiger partial charge < -0.3 is 10.6 Å². The van der Waals surface area contributed by atoms with Gasteiger partial charge in [-0.2, -0.15) is 11.8 Å². The summed E-state index contributed by atoms with van der Waals surface area (Å²) >= 11 is 3.47. The van der Waals surface area contributed by atoms with Crippen molar-refractivity contribution in [2.45, 2.75) is 43.9 Å². The molecule has 4 amide bonds. The number of amides is 4. The second-order valence-corrected chi connectivity index (χ2v) is 9.06. The summed E-state index contributed by atoms with van der Waals surface area (Å²) in [4.78, 5) is 39.6. The van der Waals surface area contributed by atoms with Gasteiger partial charge in [0.05, 0.1) is 0 Å². The van der Waals surface area contributed by atoms with Gasteiger partial charge in [0.2, 0.25) is 5.91 Å². The van der Waals surface area contributed by atoms with Crippen LogP contribution in [0, 0.1) is 5.92 Å². The molecule has 1 saturated carbocycles. The Bertz CT molecular complexity index is 665. The zero-order valence-electron chi connectivity index (χ0n) is 15.0. The van der Waals surface area contributed by atoms with Crippen molar-refractivity contribution in [3.8, 4) is 0 Å². The number of nitrogens with zero attached hydrogens (tertiary/aromatic N) is 1. The quantitative estimate of drug-likeness (QED) is 0.549. The fraction of sp³-hybridized carbons (Fsp3) is 0.611. The van der Waals surface area contributed by atoms with Gasteiger partial charge in [0.15, 0.2) is 0 Å². The van der Waals surface area contributed by atoms with Gasteiger partial charge in [0.25, 0.3) is 5.91 Å². The first kappa shape index (κ1) is 19.2. The van der Waals surface area contributed by atoms with Crippen LogP contribution in [0.5, 0.6) is 0 Å². The minimum atomic E-state index is -0.799. The zero-order valence-corrected chi connectivity index (χ0v) is 16.6. The van der Waals surface area contributed by atoms with E-state index in [1.165, 1.54) is 4.88 Å². The van der Waals surface area contributed by atoms with Gasteiger partial charge in [-0.25, -0.2) is 4.79 Å². The molecule has 2 atom stereocenters. The molecule has 0 unspecified atom stereocenters. The van der Waals surface area contributed by atoms with Gasteiger partial charge in [-0.15, -0.1) is 11.3 Å². The molecule has 142 valence electrons. The lowest BCUT2D eigenvalue weighted by molar-refractivity contribution is -0.137. The average Bonchev–Trinajstić information content (AvgIpc) is 3.21. The fourth-order valence-corrected chi connectivity index (χ4v) is 5.37. The molecule has 2 fully saturated rings. The lowest BCUT2D eigenvalue weighted by Crippen LogP contribution is -2.54. The summed E-state index contributed by atoms with van der Waals surface area (Å²) in [5.74, 6) is 1.31. The van der Waals surface area contributed by atoms with Crippen LogP contribution in [-0.4, -0.2) is 47.1 Å². The molecule has 2 N–H and O–H groups in total. The molecule has 3 rings (SSSR count). The lowest BCUT2D eigenvalue weighted by atomic mass is 9.73. The van der Waals surface area contributed by atoms with Gasteiger partial charge in [-0.3, -0.25) is 14.5 Å². The van der Waals surface area contributed by atoms with Crippen molar-refractivity contribution in [2.24, 2.45) is 5.92 Å². The van der Waals surface area contributed by atoms with Gasteiger partial charge in [0.1, 0.15) is 12.1 Å². The number of urea groups is 1. The second kappa shape index (κ2) is 8.43. The number of carbonyl (C=O) groups excluding carboxylic acids is 3. The molecular formula is C18H25N3O3S2. The van der Waals surface area contributed by atoms with E-state index in [0.29, 0.717) is 13.0 Å². The Morgan fingerprint density at radius 2 is 2.31 bits per heavy atom. The smallest absolute Gasteiger partial charge is 0.325 e. The fourth-order valence-electron chi connectivity index (χ4n) is 3.67. The number of imide groups is 1. The third kappa shape index (κ3) is 4.06. The monoisotopic (exact) mass is 395 g/mol. The highest BCUT2D eigenvalue weighted by Crippen LogP contribution is 2.38. The average molecular weight is 396 g/mol. The van der Waals surface area contributed by atoms with E-state index in [0.717, 1.165) is 35.7 Å². The summed E-state index contributed by atoms with van der Waals surface area (Å²) < 4.78 is 0. The number of thiophene rings is 1. The maximum Gasteiger partial charge on any atom is 0.325 e. The Labute approximate surface area is 162 Å². The molecule has 6 nitrogen and oxygen atoms in total. The number of rotatable bonds is 7. The second-order valence-electron chi connectivity index (χ2n) is 6.92. The first-order valence-corrected chi connectivity index (χ1v) is 11.1. The third-order valence-electron chi connectivity index (χ3n) is 5.20. The van der Waals surface area contributed by atoms with E-state index in [1.807, 2.05) is 13.0 Å². The van der Waals surface area contributed by atoms with E-state index in [9.17, 15) is 14.4 Å². The summed E-state index contributed by atoms with van der Waals surface area (Å²) in [6, 6.07) is 3.68. The summed E-state index contributed by atoms with van der Waals surface area (Å²) in [5, 5.41) is 7.73. The Balaban J connectivity index is 1.43. The molecule has 1 aromatic heterocycles. The van der Waals surface area contributed by atoms with E-state index in [1.54, 1.807) is 23.1 Å². The Morgan fingerprint density at radius 3 is 3.04 bits per heavy atom. The number of nitrogens with one attached hydrogen (secondary N) is 2. The molecule has 0 bridgehead atoms. The van der Waals surface area contributed by atoms with Crippen LogP contribution in [-0.2, 0) is 15.3 Å². The Morgan fingerprint density at radius 1 is 1.46 bits per heavy atom. The first-order valence-electron chi connectivity index (χ1n) is 9.04. The van der Waals surface area contributed by atoms with Crippen molar-refractivity contribution in [3.05, 3.63) is 22.4 Å².